The number of piperidine rings is 1. The average molecular weight is 308 g/mol. The third kappa shape index (κ3) is 3.05. The van der Waals surface area contributed by atoms with Gasteiger partial charge in [0.25, 0.3) is 5.91 Å². The van der Waals surface area contributed by atoms with E-state index in [2.05, 4.69) is 4.98 Å². The van der Waals surface area contributed by atoms with Crippen LogP contribution < -0.4 is 0 Å². The molecule has 1 fully saturated rings. The maximum atomic E-state index is 12.7. The molecule has 0 aliphatic carbocycles. The number of carboxylic acids is 1. The molecule has 0 aromatic carbocycles. The zero-order valence-electron chi connectivity index (χ0n) is 12.3. The summed E-state index contributed by atoms with van der Waals surface area (Å²) < 4.78 is 0. The number of hydrogen-bond donors (Lipinski definition) is 1. The Balaban J connectivity index is 2.25. The van der Waals surface area contributed by atoms with Gasteiger partial charge in [-0.3, -0.25) is 9.59 Å². The number of carbonyl (C=O) groups is 2. The van der Waals surface area contributed by atoms with E-state index < -0.39 is 11.4 Å². The van der Waals surface area contributed by atoms with Gasteiger partial charge in [-0.25, -0.2) is 4.98 Å². The van der Waals surface area contributed by atoms with E-state index >= 15 is 0 Å². The van der Waals surface area contributed by atoms with Crippen molar-refractivity contribution in [2.24, 2.45) is 5.41 Å². The molecule has 6 heteroatoms. The molecule has 1 aliphatic rings. The molecule has 1 aliphatic heterocycles. The van der Waals surface area contributed by atoms with Gasteiger partial charge < -0.3 is 10.0 Å². The van der Waals surface area contributed by atoms with Crippen LogP contribution in [0.3, 0.4) is 0 Å². The molecule has 0 radical (unpaired) electrons. The molecule has 0 bridgehead atoms. The van der Waals surface area contributed by atoms with Crippen molar-refractivity contribution in [3.8, 4) is 0 Å². The summed E-state index contributed by atoms with van der Waals surface area (Å²) in [6.45, 7) is 2.76. The van der Waals surface area contributed by atoms with Gasteiger partial charge >= 0.3 is 5.97 Å². The summed E-state index contributed by atoms with van der Waals surface area (Å²) in [7, 11) is 0. The Morgan fingerprint density at radius 2 is 2.29 bits per heavy atom. The fraction of sp³-hybridized carbons (Fsp3) is 0.533. The first-order valence-electron chi connectivity index (χ1n) is 7.06. The minimum Gasteiger partial charge on any atom is -0.481 e. The van der Waals surface area contributed by atoms with E-state index in [4.69, 9.17) is 0 Å². The van der Waals surface area contributed by atoms with Crippen molar-refractivity contribution in [2.75, 3.05) is 19.3 Å². The van der Waals surface area contributed by atoms with Crippen LogP contribution in [0, 0.1) is 5.41 Å². The maximum absolute atomic E-state index is 12.7. The molecule has 1 aromatic heterocycles. The summed E-state index contributed by atoms with van der Waals surface area (Å²) in [5.41, 5.74) is -0.252. The zero-order valence-corrected chi connectivity index (χ0v) is 13.2. The molecule has 0 saturated carbocycles. The number of amides is 1. The number of hydrogen-bond acceptors (Lipinski definition) is 4. The van der Waals surface area contributed by atoms with Crippen LogP contribution >= 0.6 is 11.8 Å². The largest absolute Gasteiger partial charge is 0.481 e. The fourth-order valence-electron chi connectivity index (χ4n) is 2.81. The summed E-state index contributed by atoms with van der Waals surface area (Å²) in [6.07, 6.45) is 5.43. The lowest BCUT2D eigenvalue weighted by Gasteiger charge is -2.39. The van der Waals surface area contributed by atoms with Crippen LogP contribution in [0.4, 0.5) is 0 Å². The van der Waals surface area contributed by atoms with E-state index in [1.807, 2.05) is 13.2 Å². The molecule has 0 spiro atoms. The predicted octanol–water partition coefficient (Wildman–Crippen LogP) is 2.52. The maximum Gasteiger partial charge on any atom is 0.311 e. The summed E-state index contributed by atoms with van der Waals surface area (Å²) in [5.74, 6) is -0.926. The van der Waals surface area contributed by atoms with Crippen LogP contribution in [0.2, 0.25) is 0 Å². The summed E-state index contributed by atoms with van der Waals surface area (Å²) in [4.78, 5) is 30.1. The van der Waals surface area contributed by atoms with Gasteiger partial charge in [-0.05, 0) is 37.7 Å². The number of carbonyl (C=O) groups excluding carboxylic acids is 1. The van der Waals surface area contributed by atoms with Crippen LogP contribution in [-0.4, -0.2) is 46.2 Å². The second-order valence-corrected chi connectivity index (χ2v) is 6.12. The first-order chi connectivity index (χ1) is 10.0. The highest BCUT2D eigenvalue weighted by Gasteiger charge is 2.42. The van der Waals surface area contributed by atoms with Crippen LogP contribution in [0.25, 0.3) is 0 Å². The summed E-state index contributed by atoms with van der Waals surface area (Å²) in [6, 6.07) is 3.49. The fourth-order valence-corrected chi connectivity index (χ4v) is 3.35. The number of thioether (sulfide) groups is 1. The van der Waals surface area contributed by atoms with Crippen LogP contribution in [0.1, 0.15) is 36.5 Å². The third-order valence-corrected chi connectivity index (χ3v) is 4.90. The number of nitrogens with zero attached hydrogens (tertiary/aromatic N) is 2. The van der Waals surface area contributed by atoms with Crippen molar-refractivity contribution in [3.63, 3.8) is 0 Å². The van der Waals surface area contributed by atoms with Gasteiger partial charge in [0.05, 0.1) is 11.0 Å². The standard InChI is InChI=1S/C15H20N2O3S/c1-3-15(14(19)20)7-5-9-17(10-15)13(18)11-6-4-8-16-12(11)21-2/h4,6,8H,3,5,7,9-10H2,1-2H3,(H,19,20). The molecule has 114 valence electrons. The number of aliphatic carboxylic acids is 1. The topological polar surface area (TPSA) is 70.5 Å². The molecule has 1 N–H and O–H groups in total. The highest BCUT2D eigenvalue weighted by atomic mass is 32.2. The lowest BCUT2D eigenvalue weighted by molar-refractivity contribution is -0.152. The van der Waals surface area contributed by atoms with Crippen molar-refractivity contribution in [1.82, 2.24) is 9.88 Å². The Bertz CT molecular complexity index is 549. The monoisotopic (exact) mass is 308 g/mol. The van der Waals surface area contributed by atoms with Crippen molar-refractivity contribution in [3.05, 3.63) is 23.9 Å². The zero-order chi connectivity index (χ0) is 15.5. The Labute approximate surface area is 128 Å². The van der Waals surface area contributed by atoms with Crippen molar-refractivity contribution in [2.45, 2.75) is 31.2 Å². The molecular formula is C15H20N2O3S. The Kier molecular flexibility index (Phi) is 4.88. The van der Waals surface area contributed by atoms with Gasteiger partial charge in [-0.1, -0.05) is 6.92 Å². The molecule has 1 atom stereocenters. The van der Waals surface area contributed by atoms with E-state index in [1.165, 1.54) is 11.8 Å². The predicted molar refractivity (Wildman–Crippen MR) is 81.5 cm³/mol. The molecule has 1 unspecified atom stereocenters. The van der Waals surface area contributed by atoms with Crippen molar-refractivity contribution < 1.29 is 14.7 Å². The second-order valence-electron chi connectivity index (χ2n) is 5.33. The lowest BCUT2D eigenvalue weighted by Crippen LogP contribution is -2.49. The average Bonchev–Trinajstić information content (AvgIpc) is 2.53. The molecule has 5 nitrogen and oxygen atoms in total. The van der Waals surface area contributed by atoms with Gasteiger partial charge in [0.2, 0.25) is 0 Å². The van der Waals surface area contributed by atoms with Gasteiger partial charge in [-0.15, -0.1) is 11.8 Å². The van der Waals surface area contributed by atoms with E-state index in [-0.39, 0.29) is 12.5 Å². The Morgan fingerprint density at radius 3 is 2.90 bits per heavy atom. The van der Waals surface area contributed by atoms with Gasteiger partial charge in [0.15, 0.2) is 0 Å². The molecule has 1 amide bonds. The van der Waals surface area contributed by atoms with E-state index in [0.29, 0.717) is 30.0 Å². The van der Waals surface area contributed by atoms with E-state index in [9.17, 15) is 14.7 Å². The number of likely N-dealkylation sites (tertiary alicyclic amines) is 1. The summed E-state index contributed by atoms with van der Waals surface area (Å²) >= 11 is 1.42. The molecule has 2 heterocycles. The normalized spacial score (nSPS) is 22.1. The quantitative estimate of drug-likeness (QED) is 0.866. The molecule has 2 rings (SSSR count). The van der Waals surface area contributed by atoms with Crippen molar-refractivity contribution in [1.29, 1.82) is 0 Å². The first-order valence-corrected chi connectivity index (χ1v) is 8.28. The lowest BCUT2D eigenvalue weighted by atomic mass is 9.77. The molecule has 1 saturated heterocycles. The Morgan fingerprint density at radius 1 is 1.52 bits per heavy atom. The molecule has 21 heavy (non-hydrogen) atoms. The van der Waals surface area contributed by atoms with Gasteiger partial charge in [0, 0.05) is 19.3 Å². The smallest absolute Gasteiger partial charge is 0.311 e. The highest BCUT2D eigenvalue weighted by molar-refractivity contribution is 7.98. The Hall–Kier alpha value is -1.56. The van der Waals surface area contributed by atoms with Crippen molar-refractivity contribution >= 4 is 23.6 Å². The summed E-state index contributed by atoms with van der Waals surface area (Å²) in [5, 5.41) is 10.2. The molecule has 1 aromatic rings. The van der Waals surface area contributed by atoms with Crippen LogP contribution in [0.15, 0.2) is 23.4 Å². The number of pyridine rings is 1. The van der Waals surface area contributed by atoms with E-state index in [0.717, 1.165) is 6.42 Å². The number of aromatic nitrogens is 1. The van der Waals surface area contributed by atoms with Gasteiger partial charge in [-0.2, -0.15) is 0 Å². The SMILES string of the molecule is CCC1(C(=O)O)CCCN(C(=O)c2cccnc2SC)C1. The minimum absolute atomic E-state index is 0.119. The van der Waals surface area contributed by atoms with Crippen LogP contribution in [-0.2, 0) is 4.79 Å². The second kappa shape index (κ2) is 6.47. The van der Waals surface area contributed by atoms with Crippen LogP contribution in [0.5, 0.6) is 0 Å². The number of rotatable bonds is 4. The third-order valence-electron chi connectivity index (χ3n) is 4.19. The minimum atomic E-state index is -0.810. The molecular weight excluding hydrogens is 288 g/mol. The van der Waals surface area contributed by atoms with Gasteiger partial charge in [0.1, 0.15) is 5.03 Å². The highest BCUT2D eigenvalue weighted by Crippen LogP contribution is 2.34. The number of carboxylic acid groups (broad SMARTS) is 1. The first kappa shape index (κ1) is 15.8. The van der Waals surface area contributed by atoms with E-state index in [1.54, 1.807) is 23.2 Å².